The number of amides is 1. The lowest BCUT2D eigenvalue weighted by Crippen LogP contribution is -2.39. The van der Waals surface area contributed by atoms with Crippen LogP contribution in [0, 0.1) is 0 Å². The number of carbonyl (C=O) groups excluding carboxylic acids is 1. The number of methoxy groups -OCH3 is 1. The Kier molecular flexibility index (Phi) is 5.07. The van der Waals surface area contributed by atoms with Crippen molar-refractivity contribution in [3.63, 3.8) is 0 Å². The third-order valence-corrected chi connectivity index (χ3v) is 5.28. The van der Waals surface area contributed by atoms with Crippen LogP contribution in [0.25, 0.3) is 10.8 Å². The summed E-state index contributed by atoms with van der Waals surface area (Å²) in [7, 11) is 1.64. The molecule has 0 bridgehead atoms. The van der Waals surface area contributed by atoms with Crippen molar-refractivity contribution in [2.24, 2.45) is 0 Å². The van der Waals surface area contributed by atoms with Crippen LogP contribution in [0.2, 0.25) is 0 Å². The Morgan fingerprint density at radius 1 is 1.07 bits per heavy atom. The zero-order chi connectivity index (χ0) is 18.6. The molecule has 0 aliphatic carbocycles. The Bertz CT molecular complexity index is 931. The van der Waals surface area contributed by atoms with Crippen molar-refractivity contribution in [3.05, 3.63) is 72.3 Å². The van der Waals surface area contributed by atoms with Gasteiger partial charge in [-0.15, -0.1) is 0 Å². The van der Waals surface area contributed by atoms with Gasteiger partial charge in [0.1, 0.15) is 5.75 Å². The third-order valence-electron chi connectivity index (χ3n) is 5.28. The summed E-state index contributed by atoms with van der Waals surface area (Å²) in [4.78, 5) is 15.1. The van der Waals surface area contributed by atoms with Gasteiger partial charge in [-0.3, -0.25) is 9.69 Å². The van der Waals surface area contributed by atoms with Gasteiger partial charge in [-0.2, -0.15) is 0 Å². The number of rotatable bonds is 5. The molecule has 1 atom stereocenters. The maximum absolute atomic E-state index is 12.8. The summed E-state index contributed by atoms with van der Waals surface area (Å²) in [6.07, 6.45) is 1.94. The predicted octanol–water partition coefficient (Wildman–Crippen LogP) is 4.45. The number of hydrogen-bond donors (Lipinski definition) is 1. The number of benzene rings is 3. The average Bonchev–Trinajstić information content (AvgIpc) is 3.17. The number of fused-ring (bicyclic) bond motifs is 1. The molecule has 1 amide bonds. The van der Waals surface area contributed by atoms with E-state index in [0.29, 0.717) is 0 Å². The van der Waals surface area contributed by atoms with Gasteiger partial charge >= 0.3 is 0 Å². The summed E-state index contributed by atoms with van der Waals surface area (Å²) in [5, 5.41) is 5.56. The van der Waals surface area contributed by atoms with E-state index in [-0.39, 0.29) is 11.9 Å². The highest BCUT2D eigenvalue weighted by atomic mass is 16.5. The molecule has 1 heterocycles. The lowest BCUT2D eigenvalue weighted by molar-refractivity contribution is -0.120. The Labute approximate surface area is 159 Å². The highest BCUT2D eigenvalue weighted by Crippen LogP contribution is 2.26. The molecule has 1 fully saturated rings. The van der Waals surface area contributed by atoms with Crippen LogP contribution in [0.4, 0.5) is 5.69 Å². The topological polar surface area (TPSA) is 41.6 Å². The number of carbonyl (C=O) groups is 1. The molecule has 3 aromatic carbocycles. The molecular formula is C23H24N2O2. The van der Waals surface area contributed by atoms with Gasteiger partial charge < -0.3 is 10.1 Å². The van der Waals surface area contributed by atoms with E-state index in [9.17, 15) is 4.79 Å². The van der Waals surface area contributed by atoms with Gasteiger partial charge in [0.15, 0.2) is 0 Å². The SMILES string of the molecule is COc1ccc(NC(=O)[C@@H]2CCCN2Cc2cccc3ccccc23)cc1. The van der Waals surface area contributed by atoms with Gasteiger partial charge in [-0.1, -0.05) is 42.5 Å². The largest absolute Gasteiger partial charge is 0.497 e. The van der Waals surface area contributed by atoms with E-state index >= 15 is 0 Å². The maximum Gasteiger partial charge on any atom is 0.241 e. The van der Waals surface area contributed by atoms with Crippen molar-refractivity contribution in [1.29, 1.82) is 0 Å². The second-order valence-corrected chi connectivity index (χ2v) is 6.98. The number of anilines is 1. The minimum absolute atomic E-state index is 0.0675. The maximum atomic E-state index is 12.8. The first-order chi connectivity index (χ1) is 13.2. The predicted molar refractivity (Wildman–Crippen MR) is 109 cm³/mol. The van der Waals surface area contributed by atoms with Crippen LogP contribution in [0.3, 0.4) is 0 Å². The van der Waals surface area contributed by atoms with Crippen LogP contribution in [-0.4, -0.2) is 30.5 Å². The van der Waals surface area contributed by atoms with E-state index in [0.717, 1.165) is 37.4 Å². The van der Waals surface area contributed by atoms with Crippen molar-refractivity contribution in [2.75, 3.05) is 19.0 Å². The Morgan fingerprint density at radius 2 is 1.85 bits per heavy atom. The number of ether oxygens (including phenoxy) is 1. The molecule has 0 aromatic heterocycles. The van der Waals surface area contributed by atoms with E-state index in [1.165, 1.54) is 16.3 Å². The highest BCUT2D eigenvalue weighted by Gasteiger charge is 2.30. The van der Waals surface area contributed by atoms with E-state index < -0.39 is 0 Å². The first-order valence-electron chi connectivity index (χ1n) is 9.40. The van der Waals surface area contributed by atoms with Crippen LogP contribution in [0.15, 0.2) is 66.7 Å². The standard InChI is InChI=1S/C23H24N2O2/c1-27-20-13-11-19(12-14-20)24-23(26)22-10-5-15-25(22)16-18-8-4-7-17-6-2-3-9-21(17)18/h2-4,6-9,11-14,22H,5,10,15-16H2,1H3,(H,24,26)/t22-/m0/s1. The molecule has 0 spiro atoms. The Balaban J connectivity index is 1.48. The molecule has 0 radical (unpaired) electrons. The number of nitrogens with zero attached hydrogens (tertiary/aromatic N) is 1. The smallest absolute Gasteiger partial charge is 0.241 e. The van der Waals surface area contributed by atoms with Crippen molar-refractivity contribution < 1.29 is 9.53 Å². The van der Waals surface area contributed by atoms with E-state index in [1.54, 1.807) is 7.11 Å². The number of hydrogen-bond acceptors (Lipinski definition) is 3. The molecule has 4 rings (SSSR count). The average molecular weight is 360 g/mol. The molecule has 3 aromatic rings. The van der Waals surface area contributed by atoms with E-state index in [4.69, 9.17) is 4.74 Å². The summed E-state index contributed by atoms with van der Waals surface area (Å²) < 4.78 is 5.17. The monoisotopic (exact) mass is 360 g/mol. The first-order valence-corrected chi connectivity index (χ1v) is 9.40. The molecule has 0 unspecified atom stereocenters. The van der Waals surface area contributed by atoms with Gasteiger partial charge in [0.25, 0.3) is 0 Å². The van der Waals surface area contributed by atoms with Gasteiger partial charge in [0.05, 0.1) is 13.2 Å². The Hall–Kier alpha value is -2.85. The normalized spacial score (nSPS) is 17.1. The first kappa shape index (κ1) is 17.6. The lowest BCUT2D eigenvalue weighted by Gasteiger charge is -2.24. The molecule has 1 N–H and O–H groups in total. The fourth-order valence-electron chi connectivity index (χ4n) is 3.86. The van der Waals surface area contributed by atoms with Crippen LogP contribution in [0.5, 0.6) is 5.75 Å². The molecule has 138 valence electrons. The zero-order valence-corrected chi connectivity index (χ0v) is 15.5. The fraction of sp³-hybridized carbons (Fsp3) is 0.261. The summed E-state index contributed by atoms with van der Waals surface area (Å²) >= 11 is 0. The highest BCUT2D eigenvalue weighted by molar-refractivity contribution is 5.95. The second-order valence-electron chi connectivity index (χ2n) is 6.98. The molecule has 4 nitrogen and oxygen atoms in total. The molecule has 1 saturated heterocycles. The molecule has 0 saturated carbocycles. The van der Waals surface area contributed by atoms with Gasteiger partial charge in [0.2, 0.25) is 5.91 Å². The van der Waals surface area contributed by atoms with Crippen LogP contribution in [0.1, 0.15) is 18.4 Å². The minimum atomic E-state index is -0.0916. The van der Waals surface area contributed by atoms with E-state index in [2.05, 4.69) is 52.7 Å². The fourth-order valence-corrected chi connectivity index (χ4v) is 3.86. The lowest BCUT2D eigenvalue weighted by atomic mass is 10.0. The van der Waals surface area contributed by atoms with Crippen LogP contribution >= 0.6 is 0 Å². The van der Waals surface area contributed by atoms with E-state index in [1.807, 2.05) is 24.3 Å². The quantitative estimate of drug-likeness (QED) is 0.731. The number of nitrogens with one attached hydrogen (secondary N) is 1. The van der Waals surface area contributed by atoms with Crippen molar-refractivity contribution >= 4 is 22.4 Å². The van der Waals surface area contributed by atoms with Gasteiger partial charge in [-0.25, -0.2) is 0 Å². The summed E-state index contributed by atoms with van der Waals surface area (Å²) in [6, 6.07) is 22.2. The molecule has 1 aliphatic rings. The van der Waals surface area contributed by atoms with Gasteiger partial charge in [-0.05, 0) is 60.0 Å². The van der Waals surface area contributed by atoms with Crippen molar-refractivity contribution in [1.82, 2.24) is 4.90 Å². The van der Waals surface area contributed by atoms with Crippen molar-refractivity contribution in [2.45, 2.75) is 25.4 Å². The van der Waals surface area contributed by atoms with Crippen LogP contribution < -0.4 is 10.1 Å². The summed E-state index contributed by atoms with van der Waals surface area (Å²) in [6.45, 7) is 1.74. The summed E-state index contributed by atoms with van der Waals surface area (Å²) in [5.74, 6) is 0.851. The second kappa shape index (κ2) is 7.80. The minimum Gasteiger partial charge on any atom is -0.497 e. The molecule has 27 heavy (non-hydrogen) atoms. The molecule has 1 aliphatic heterocycles. The molecule has 4 heteroatoms. The zero-order valence-electron chi connectivity index (χ0n) is 15.5. The molecular weight excluding hydrogens is 336 g/mol. The number of likely N-dealkylation sites (tertiary alicyclic amines) is 1. The van der Waals surface area contributed by atoms with Crippen LogP contribution in [-0.2, 0) is 11.3 Å². The van der Waals surface area contributed by atoms with Gasteiger partial charge in [0, 0.05) is 12.2 Å². The van der Waals surface area contributed by atoms with Crippen molar-refractivity contribution in [3.8, 4) is 5.75 Å². The summed E-state index contributed by atoms with van der Waals surface area (Å²) in [5.41, 5.74) is 2.08. The third kappa shape index (κ3) is 3.81. The Morgan fingerprint density at radius 3 is 2.67 bits per heavy atom.